The Balaban J connectivity index is 1.65. The Hall–Kier alpha value is -1.88. The molecule has 3 rings (SSSR count). The van der Waals surface area contributed by atoms with Gasteiger partial charge >= 0.3 is 0 Å². The van der Waals surface area contributed by atoms with Crippen molar-refractivity contribution in [2.45, 2.75) is 12.8 Å². The summed E-state index contributed by atoms with van der Waals surface area (Å²) < 4.78 is 5.63. The molecule has 1 fully saturated rings. The van der Waals surface area contributed by atoms with Crippen molar-refractivity contribution in [2.24, 2.45) is 5.92 Å². The van der Waals surface area contributed by atoms with E-state index < -0.39 is 0 Å². The van der Waals surface area contributed by atoms with Crippen LogP contribution in [0.2, 0.25) is 0 Å². The summed E-state index contributed by atoms with van der Waals surface area (Å²) in [7, 11) is 1.83. The quantitative estimate of drug-likeness (QED) is 0.758. The normalized spacial score (nSPS) is 14.4. The molecular weight excluding hydrogens is 252 g/mol. The van der Waals surface area contributed by atoms with Crippen LogP contribution in [0, 0.1) is 5.92 Å². The van der Waals surface area contributed by atoms with E-state index >= 15 is 0 Å². The van der Waals surface area contributed by atoms with E-state index in [4.69, 9.17) is 4.74 Å². The number of nitrogens with zero attached hydrogens (tertiary/aromatic N) is 2. The number of nitrogens with one attached hydrogen (secondary N) is 2. The molecule has 0 atom stereocenters. The SMILES string of the molecule is CNc1nc(NCCOCC2CC2)c2ccccc2n1. The number of para-hydroxylation sites is 1. The molecule has 106 valence electrons. The molecule has 1 aliphatic rings. The fourth-order valence-corrected chi connectivity index (χ4v) is 2.10. The lowest BCUT2D eigenvalue weighted by molar-refractivity contribution is 0.134. The molecular formula is C15H20N4O. The highest BCUT2D eigenvalue weighted by Gasteiger charge is 2.20. The van der Waals surface area contributed by atoms with Crippen LogP contribution in [0.5, 0.6) is 0 Å². The minimum Gasteiger partial charge on any atom is -0.379 e. The van der Waals surface area contributed by atoms with Crippen molar-refractivity contribution in [3.63, 3.8) is 0 Å². The first-order chi connectivity index (χ1) is 9.86. The molecule has 2 N–H and O–H groups in total. The van der Waals surface area contributed by atoms with Crippen LogP contribution >= 0.6 is 0 Å². The van der Waals surface area contributed by atoms with Crippen molar-refractivity contribution in [1.29, 1.82) is 0 Å². The average Bonchev–Trinajstić information content (AvgIpc) is 3.30. The smallest absolute Gasteiger partial charge is 0.224 e. The molecule has 1 aromatic carbocycles. The van der Waals surface area contributed by atoms with Gasteiger partial charge in [-0.05, 0) is 30.9 Å². The van der Waals surface area contributed by atoms with Crippen molar-refractivity contribution < 1.29 is 4.74 Å². The largest absolute Gasteiger partial charge is 0.379 e. The molecule has 0 aliphatic heterocycles. The van der Waals surface area contributed by atoms with Crippen LogP contribution in [0.15, 0.2) is 24.3 Å². The number of fused-ring (bicyclic) bond motifs is 1. The van der Waals surface area contributed by atoms with Crippen molar-refractivity contribution in [3.8, 4) is 0 Å². The van der Waals surface area contributed by atoms with Crippen molar-refractivity contribution in [2.75, 3.05) is 37.4 Å². The summed E-state index contributed by atoms with van der Waals surface area (Å²) in [6.45, 7) is 2.37. The van der Waals surface area contributed by atoms with Gasteiger partial charge in [0.15, 0.2) is 0 Å². The van der Waals surface area contributed by atoms with Gasteiger partial charge in [0, 0.05) is 25.6 Å². The summed E-state index contributed by atoms with van der Waals surface area (Å²) in [4.78, 5) is 8.91. The molecule has 0 unspecified atom stereocenters. The van der Waals surface area contributed by atoms with Gasteiger partial charge in [0.05, 0.1) is 12.1 Å². The zero-order valence-corrected chi connectivity index (χ0v) is 11.7. The number of aromatic nitrogens is 2. The second-order valence-corrected chi connectivity index (χ2v) is 5.11. The van der Waals surface area contributed by atoms with Gasteiger partial charge in [-0.15, -0.1) is 0 Å². The monoisotopic (exact) mass is 272 g/mol. The van der Waals surface area contributed by atoms with E-state index in [0.29, 0.717) is 12.6 Å². The van der Waals surface area contributed by atoms with Gasteiger partial charge in [0.25, 0.3) is 0 Å². The minimum atomic E-state index is 0.630. The maximum atomic E-state index is 5.63. The van der Waals surface area contributed by atoms with E-state index in [0.717, 1.165) is 35.8 Å². The average molecular weight is 272 g/mol. The maximum absolute atomic E-state index is 5.63. The summed E-state index contributed by atoms with van der Waals surface area (Å²) >= 11 is 0. The van der Waals surface area contributed by atoms with Crippen LogP contribution in [0.25, 0.3) is 10.9 Å². The lowest BCUT2D eigenvalue weighted by Gasteiger charge is -2.10. The highest BCUT2D eigenvalue weighted by atomic mass is 16.5. The predicted molar refractivity (Wildman–Crippen MR) is 81.1 cm³/mol. The Kier molecular flexibility index (Phi) is 3.97. The van der Waals surface area contributed by atoms with E-state index in [1.165, 1.54) is 12.8 Å². The number of hydrogen-bond acceptors (Lipinski definition) is 5. The van der Waals surface area contributed by atoms with Gasteiger partial charge in [-0.3, -0.25) is 0 Å². The minimum absolute atomic E-state index is 0.630. The van der Waals surface area contributed by atoms with Crippen LogP contribution in [0.1, 0.15) is 12.8 Å². The fraction of sp³-hybridized carbons (Fsp3) is 0.467. The van der Waals surface area contributed by atoms with E-state index in [1.54, 1.807) is 0 Å². The van der Waals surface area contributed by atoms with Gasteiger partial charge in [-0.25, -0.2) is 4.98 Å². The molecule has 0 amide bonds. The lowest BCUT2D eigenvalue weighted by Crippen LogP contribution is -2.12. The topological polar surface area (TPSA) is 59.1 Å². The predicted octanol–water partition coefficient (Wildman–Crippen LogP) is 2.51. The third-order valence-electron chi connectivity index (χ3n) is 3.42. The first-order valence-electron chi connectivity index (χ1n) is 7.13. The highest BCUT2D eigenvalue weighted by molar-refractivity contribution is 5.89. The first-order valence-corrected chi connectivity index (χ1v) is 7.13. The van der Waals surface area contributed by atoms with Gasteiger partial charge in [-0.1, -0.05) is 12.1 Å². The molecule has 20 heavy (non-hydrogen) atoms. The van der Waals surface area contributed by atoms with E-state index in [1.807, 2.05) is 31.3 Å². The number of ether oxygens (including phenoxy) is 1. The zero-order valence-electron chi connectivity index (χ0n) is 11.7. The lowest BCUT2D eigenvalue weighted by atomic mass is 10.2. The second kappa shape index (κ2) is 6.05. The zero-order chi connectivity index (χ0) is 13.8. The van der Waals surface area contributed by atoms with Gasteiger partial charge in [0.2, 0.25) is 5.95 Å². The Bertz CT molecular complexity index is 583. The Morgan fingerprint density at radius 2 is 2.10 bits per heavy atom. The number of hydrogen-bond donors (Lipinski definition) is 2. The number of benzene rings is 1. The molecule has 0 radical (unpaired) electrons. The van der Waals surface area contributed by atoms with Crippen LogP contribution in [-0.4, -0.2) is 36.8 Å². The van der Waals surface area contributed by atoms with E-state index in [9.17, 15) is 0 Å². The Labute approximate surface area is 118 Å². The molecule has 2 aromatic rings. The molecule has 1 aromatic heterocycles. The van der Waals surface area contributed by atoms with E-state index in [-0.39, 0.29) is 0 Å². The third kappa shape index (κ3) is 3.17. The first kappa shape index (κ1) is 13.1. The van der Waals surface area contributed by atoms with Crippen LogP contribution in [-0.2, 0) is 4.74 Å². The summed E-state index contributed by atoms with van der Waals surface area (Å²) in [5.74, 6) is 2.30. The van der Waals surface area contributed by atoms with Crippen LogP contribution in [0.4, 0.5) is 11.8 Å². The fourth-order valence-electron chi connectivity index (χ4n) is 2.10. The Morgan fingerprint density at radius 3 is 2.90 bits per heavy atom. The van der Waals surface area contributed by atoms with Gasteiger partial charge in [-0.2, -0.15) is 4.98 Å². The third-order valence-corrected chi connectivity index (χ3v) is 3.42. The van der Waals surface area contributed by atoms with Gasteiger partial charge < -0.3 is 15.4 Å². The van der Waals surface area contributed by atoms with E-state index in [2.05, 4.69) is 20.6 Å². The number of rotatable bonds is 7. The molecule has 1 saturated carbocycles. The standard InChI is InChI=1S/C15H20N4O/c1-16-15-18-13-5-3-2-4-12(13)14(19-15)17-8-9-20-10-11-6-7-11/h2-5,11H,6-10H2,1H3,(H2,16,17,18,19). The molecule has 5 heteroatoms. The number of anilines is 2. The molecule has 0 bridgehead atoms. The van der Waals surface area contributed by atoms with Crippen LogP contribution in [0.3, 0.4) is 0 Å². The summed E-state index contributed by atoms with van der Waals surface area (Å²) in [5, 5.41) is 7.37. The van der Waals surface area contributed by atoms with Crippen molar-refractivity contribution >= 4 is 22.7 Å². The molecule has 1 heterocycles. The summed E-state index contributed by atoms with van der Waals surface area (Å²) in [6.07, 6.45) is 2.66. The van der Waals surface area contributed by atoms with Crippen molar-refractivity contribution in [1.82, 2.24) is 9.97 Å². The highest BCUT2D eigenvalue weighted by Crippen LogP contribution is 2.28. The molecule has 1 aliphatic carbocycles. The van der Waals surface area contributed by atoms with Gasteiger partial charge in [0.1, 0.15) is 5.82 Å². The summed E-state index contributed by atoms with van der Waals surface area (Å²) in [6, 6.07) is 8.01. The van der Waals surface area contributed by atoms with Crippen LogP contribution < -0.4 is 10.6 Å². The maximum Gasteiger partial charge on any atom is 0.224 e. The van der Waals surface area contributed by atoms with Crippen molar-refractivity contribution in [3.05, 3.63) is 24.3 Å². The summed E-state index contributed by atoms with van der Waals surface area (Å²) in [5.41, 5.74) is 0.938. The molecule has 0 saturated heterocycles. The molecule has 5 nitrogen and oxygen atoms in total. The second-order valence-electron chi connectivity index (χ2n) is 5.11. The molecule has 0 spiro atoms. The Morgan fingerprint density at radius 1 is 1.25 bits per heavy atom.